The minimum absolute atomic E-state index is 0.0943. The molecule has 5 aliphatic rings. The number of carbonyl (C=O) groups excluding carboxylic acids is 4. The van der Waals surface area contributed by atoms with Crippen LogP contribution in [-0.4, -0.2) is 34.3 Å². The van der Waals surface area contributed by atoms with E-state index in [9.17, 15) is 9.90 Å². The summed E-state index contributed by atoms with van der Waals surface area (Å²) in [6, 6.07) is 8.64. The summed E-state index contributed by atoms with van der Waals surface area (Å²) in [4.78, 5) is 60.3. The van der Waals surface area contributed by atoms with E-state index in [1.165, 1.54) is 5.57 Å². The predicted molar refractivity (Wildman–Crippen MR) is 168 cm³/mol. The third-order valence-electron chi connectivity index (χ3n) is 12.5. The molecule has 5 heteroatoms. The molecular weight excluding hydrogens is 536 g/mol. The summed E-state index contributed by atoms with van der Waals surface area (Å²) >= 11 is 0. The maximum Gasteiger partial charge on any atom is 0.184 e. The highest BCUT2D eigenvalue weighted by atomic mass is 16.3. The maximum absolute atomic E-state index is 15.3. The zero-order valence-electron chi connectivity index (χ0n) is 27.5. The van der Waals surface area contributed by atoms with Crippen LogP contribution in [0.5, 0.6) is 0 Å². The van der Waals surface area contributed by atoms with E-state index in [0.29, 0.717) is 5.56 Å². The SMILES string of the molecule is CC(C)=CCCC(C)=CC[C@]12C[C@@H]3[C@@H]4[C@@H](O)C(C)(C)[C@@H](C(C)C)CC4(C1=O)C(=O)[C@](C(=O)c1ccccc1)(C2=O)C3(C)C. The minimum Gasteiger partial charge on any atom is -0.392 e. The Hall–Kier alpha value is -2.66. The monoisotopic (exact) mass is 586 g/mol. The van der Waals surface area contributed by atoms with E-state index in [1.54, 1.807) is 30.3 Å². The molecule has 1 N–H and O–H groups in total. The molecule has 1 aromatic carbocycles. The molecule has 1 spiro atoms. The van der Waals surface area contributed by atoms with Gasteiger partial charge in [0.2, 0.25) is 0 Å². The minimum atomic E-state index is -1.98. The molecule has 43 heavy (non-hydrogen) atoms. The van der Waals surface area contributed by atoms with Crippen LogP contribution in [0.1, 0.15) is 105 Å². The second-order valence-electron chi connectivity index (χ2n) is 15.9. The molecule has 1 unspecified atom stereocenters. The number of aliphatic hydroxyl groups is 1. The largest absolute Gasteiger partial charge is 0.392 e. The topological polar surface area (TPSA) is 88.5 Å². The van der Waals surface area contributed by atoms with E-state index >= 15 is 14.4 Å². The molecule has 5 aliphatic carbocycles. The van der Waals surface area contributed by atoms with Gasteiger partial charge in [0.25, 0.3) is 0 Å². The van der Waals surface area contributed by atoms with Crippen LogP contribution in [0.25, 0.3) is 0 Å². The van der Waals surface area contributed by atoms with E-state index in [2.05, 4.69) is 33.8 Å². The fraction of sp³-hybridized carbons (Fsp3) is 0.632. The Balaban J connectivity index is 1.76. The van der Waals surface area contributed by atoms with Crippen molar-refractivity contribution in [2.75, 3.05) is 0 Å². The summed E-state index contributed by atoms with van der Waals surface area (Å²) in [5, 5.41) is 12.2. The second kappa shape index (κ2) is 10.2. The van der Waals surface area contributed by atoms with Gasteiger partial charge in [-0.3, -0.25) is 19.2 Å². The first-order chi connectivity index (χ1) is 20.0. The average molecular weight is 587 g/mol. The zero-order valence-corrected chi connectivity index (χ0v) is 27.5. The van der Waals surface area contributed by atoms with Gasteiger partial charge >= 0.3 is 0 Å². The quantitative estimate of drug-likeness (QED) is 0.195. The van der Waals surface area contributed by atoms with E-state index in [-0.39, 0.29) is 42.8 Å². The van der Waals surface area contributed by atoms with Crippen molar-refractivity contribution in [1.82, 2.24) is 0 Å². The molecule has 0 heterocycles. The van der Waals surface area contributed by atoms with Crippen molar-refractivity contribution in [3.05, 3.63) is 59.2 Å². The van der Waals surface area contributed by atoms with Gasteiger partial charge in [0, 0.05) is 11.5 Å². The van der Waals surface area contributed by atoms with Crippen LogP contribution in [-0.2, 0) is 14.4 Å². The summed E-state index contributed by atoms with van der Waals surface area (Å²) in [6.07, 6.45) is 5.67. The van der Waals surface area contributed by atoms with Gasteiger partial charge in [-0.25, -0.2) is 0 Å². The van der Waals surface area contributed by atoms with Gasteiger partial charge in [0.05, 0.1) is 16.9 Å². The molecule has 0 radical (unpaired) electrons. The molecular formula is C38H50O5. The Morgan fingerprint density at radius 2 is 1.56 bits per heavy atom. The fourth-order valence-electron chi connectivity index (χ4n) is 10.1. The van der Waals surface area contributed by atoms with Gasteiger partial charge in [-0.05, 0) is 81.5 Å². The van der Waals surface area contributed by atoms with Crippen LogP contribution < -0.4 is 0 Å². The fourth-order valence-corrected chi connectivity index (χ4v) is 10.1. The van der Waals surface area contributed by atoms with Crippen molar-refractivity contribution in [2.45, 2.75) is 101 Å². The molecule has 0 saturated heterocycles. The lowest BCUT2D eigenvalue weighted by Crippen LogP contribution is -2.86. The first kappa shape index (κ1) is 31.8. The molecule has 0 amide bonds. The molecule has 5 nitrogen and oxygen atoms in total. The number of ketones is 4. The van der Waals surface area contributed by atoms with Crippen molar-refractivity contribution in [2.24, 2.45) is 50.7 Å². The van der Waals surface area contributed by atoms with Crippen LogP contribution in [0.4, 0.5) is 0 Å². The first-order valence-electron chi connectivity index (χ1n) is 16.2. The summed E-state index contributed by atoms with van der Waals surface area (Å²) in [5.74, 6) is -2.91. The van der Waals surface area contributed by atoms with Gasteiger partial charge in [0.15, 0.2) is 28.5 Å². The number of aliphatic hydroxyl groups excluding tert-OH is 1. The van der Waals surface area contributed by atoms with Crippen LogP contribution >= 0.6 is 0 Å². The highest BCUT2D eigenvalue weighted by Gasteiger charge is 2.89. The molecule has 0 aromatic heterocycles. The molecule has 5 fully saturated rings. The summed E-state index contributed by atoms with van der Waals surface area (Å²) in [7, 11) is 0. The van der Waals surface area contributed by atoms with Gasteiger partial charge in [-0.15, -0.1) is 0 Å². The van der Waals surface area contributed by atoms with Crippen molar-refractivity contribution in [1.29, 1.82) is 0 Å². The summed E-state index contributed by atoms with van der Waals surface area (Å²) < 4.78 is 0. The Morgan fingerprint density at radius 1 is 0.930 bits per heavy atom. The lowest BCUT2D eigenvalue weighted by molar-refractivity contribution is -0.249. The number of rotatable bonds is 8. The smallest absolute Gasteiger partial charge is 0.184 e. The molecule has 1 aromatic rings. The summed E-state index contributed by atoms with van der Waals surface area (Å²) in [5.41, 5.74) is -3.97. The number of benzene rings is 1. The standard InChI is InChI=1S/C38H50O5/c1-22(2)14-13-15-24(5)18-19-36-20-27-28-30(40)34(6,7)26(23(3)4)21-37(28,31(36)41)33(43)38(32(36)42,35(27,8)9)29(39)25-16-11-10-12-17-25/h10-12,14,16-18,23,26-28,30,40H,13,15,19-21H2,1-9H3/t26-,27-,28-,30-,36+,37?,38+/m1/s1. The molecule has 5 saturated carbocycles. The normalized spacial score (nSPS) is 37.5. The van der Waals surface area contributed by atoms with Crippen LogP contribution in [0, 0.1) is 50.7 Å². The molecule has 7 atom stereocenters. The lowest BCUT2D eigenvalue weighted by Gasteiger charge is -2.74. The Labute approximate surface area is 257 Å². The zero-order chi connectivity index (χ0) is 31.9. The maximum atomic E-state index is 15.3. The van der Waals surface area contributed by atoms with Crippen LogP contribution in [0.3, 0.4) is 0 Å². The third kappa shape index (κ3) is 3.92. The van der Waals surface area contributed by atoms with Crippen molar-refractivity contribution in [3.8, 4) is 0 Å². The molecule has 6 rings (SSSR count). The Morgan fingerprint density at radius 3 is 2.14 bits per heavy atom. The van der Waals surface area contributed by atoms with E-state index in [1.807, 2.05) is 40.7 Å². The highest BCUT2D eigenvalue weighted by Crippen LogP contribution is 2.78. The number of Topliss-reactive ketones (excluding diaryl/α,β-unsaturated/α-hetero) is 4. The van der Waals surface area contributed by atoms with E-state index < -0.39 is 56.4 Å². The number of hydrogen-bond acceptors (Lipinski definition) is 5. The van der Waals surface area contributed by atoms with E-state index in [0.717, 1.165) is 18.4 Å². The lowest BCUT2D eigenvalue weighted by atomic mass is 9.24. The van der Waals surface area contributed by atoms with E-state index in [4.69, 9.17) is 0 Å². The Bertz CT molecular complexity index is 1420. The number of carbonyl (C=O) groups is 4. The second-order valence-corrected chi connectivity index (χ2v) is 15.9. The molecule has 232 valence electrons. The number of hydrogen-bond donors (Lipinski definition) is 1. The molecule has 4 bridgehead atoms. The van der Waals surface area contributed by atoms with Gasteiger partial charge < -0.3 is 5.11 Å². The van der Waals surface area contributed by atoms with Crippen molar-refractivity contribution in [3.63, 3.8) is 0 Å². The summed E-state index contributed by atoms with van der Waals surface area (Å²) in [6.45, 7) is 18.1. The van der Waals surface area contributed by atoms with Crippen LogP contribution in [0.2, 0.25) is 0 Å². The van der Waals surface area contributed by atoms with Crippen molar-refractivity contribution >= 4 is 23.1 Å². The Kier molecular flexibility index (Phi) is 7.52. The highest BCUT2D eigenvalue weighted by molar-refractivity contribution is 6.42. The average Bonchev–Trinajstić information content (AvgIpc) is 2.93. The predicted octanol–water partition coefficient (Wildman–Crippen LogP) is 7.37. The van der Waals surface area contributed by atoms with Gasteiger partial charge in [0.1, 0.15) is 0 Å². The van der Waals surface area contributed by atoms with Gasteiger partial charge in [-0.2, -0.15) is 0 Å². The number of allylic oxidation sites excluding steroid dienone is 4. The van der Waals surface area contributed by atoms with Crippen LogP contribution in [0.15, 0.2) is 53.6 Å². The molecule has 0 aliphatic heterocycles. The van der Waals surface area contributed by atoms with Gasteiger partial charge in [-0.1, -0.05) is 95.2 Å². The van der Waals surface area contributed by atoms with Crippen molar-refractivity contribution < 1.29 is 24.3 Å². The first-order valence-corrected chi connectivity index (χ1v) is 16.2. The third-order valence-corrected chi connectivity index (χ3v) is 12.5.